The lowest BCUT2D eigenvalue weighted by Crippen LogP contribution is -2.30. The van der Waals surface area contributed by atoms with E-state index in [-0.39, 0.29) is 5.91 Å². The summed E-state index contributed by atoms with van der Waals surface area (Å²) in [7, 11) is 0. The van der Waals surface area contributed by atoms with Crippen LogP contribution in [0.4, 0.5) is 5.13 Å². The van der Waals surface area contributed by atoms with Crippen LogP contribution in [0.1, 0.15) is 27.0 Å². The number of hydrogen-bond acceptors (Lipinski definition) is 5. The quantitative estimate of drug-likeness (QED) is 0.248. The summed E-state index contributed by atoms with van der Waals surface area (Å²) >= 11 is 1.55. The molecule has 3 aromatic heterocycles. The highest BCUT2D eigenvalue weighted by Gasteiger charge is 2.25. The minimum atomic E-state index is -0.118. The van der Waals surface area contributed by atoms with Crippen LogP contribution < -0.4 is 4.90 Å². The molecule has 0 atom stereocenters. The number of carbonyl (C=O) groups excluding carboxylic acids is 1. The third-order valence-corrected chi connectivity index (χ3v) is 7.59. The molecule has 37 heavy (non-hydrogen) atoms. The Morgan fingerprint density at radius 3 is 2.49 bits per heavy atom. The summed E-state index contributed by atoms with van der Waals surface area (Å²) in [6, 6.07) is 27.8. The molecule has 180 valence electrons. The number of rotatable bonds is 5. The third kappa shape index (κ3) is 4.47. The van der Waals surface area contributed by atoms with Gasteiger partial charge in [-0.15, -0.1) is 0 Å². The van der Waals surface area contributed by atoms with Gasteiger partial charge in [-0.1, -0.05) is 72.0 Å². The predicted octanol–water partition coefficient (Wildman–Crippen LogP) is 7.37. The summed E-state index contributed by atoms with van der Waals surface area (Å²) in [5, 5.41) is 1.48. The molecule has 0 radical (unpaired) electrons. The molecule has 0 unspecified atom stereocenters. The number of fused-ring (bicyclic) bond motifs is 2. The zero-order valence-electron chi connectivity index (χ0n) is 20.6. The van der Waals surface area contributed by atoms with Gasteiger partial charge >= 0.3 is 0 Å². The van der Waals surface area contributed by atoms with Gasteiger partial charge in [-0.3, -0.25) is 14.7 Å². The van der Waals surface area contributed by atoms with Gasteiger partial charge in [-0.2, -0.15) is 0 Å². The molecular weight excluding hydrogens is 476 g/mol. The maximum atomic E-state index is 14.4. The van der Waals surface area contributed by atoms with E-state index in [0.717, 1.165) is 49.1 Å². The second-order valence-corrected chi connectivity index (χ2v) is 10.1. The fourth-order valence-electron chi connectivity index (χ4n) is 4.64. The summed E-state index contributed by atoms with van der Waals surface area (Å²) in [5.74, 6) is -0.118. The Labute approximate surface area is 219 Å². The average Bonchev–Trinajstić information content (AvgIpc) is 3.36. The molecule has 0 saturated carbocycles. The number of aryl methyl sites for hydroxylation is 2. The van der Waals surface area contributed by atoms with Gasteiger partial charge in [0.15, 0.2) is 5.13 Å². The van der Waals surface area contributed by atoms with Gasteiger partial charge in [-0.05, 0) is 54.8 Å². The van der Waals surface area contributed by atoms with Crippen LogP contribution in [-0.2, 0) is 6.54 Å². The Morgan fingerprint density at radius 2 is 1.68 bits per heavy atom. The van der Waals surface area contributed by atoms with Crippen molar-refractivity contribution in [2.75, 3.05) is 4.90 Å². The van der Waals surface area contributed by atoms with Crippen molar-refractivity contribution in [2.45, 2.75) is 20.4 Å². The monoisotopic (exact) mass is 500 g/mol. The normalized spacial score (nSPS) is 11.2. The molecule has 3 aromatic carbocycles. The van der Waals surface area contributed by atoms with E-state index in [2.05, 4.69) is 31.0 Å². The minimum Gasteiger partial charge on any atom is -0.279 e. The molecule has 0 aliphatic rings. The molecule has 3 heterocycles. The molecule has 0 saturated heterocycles. The van der Waals surface area contributed by atoms with Crippen LogP contribution in [0.2, 0.25) is 0 Å². The Hall–Kier alpha value is -4.42. The van der Waals surface area contributed by atoms with Crippen LogP contribution in [0.15, 0.2) is 97.3 Å². The van der Waals surface area contributed by atoms with Crippen LogP contribution in [-0.4, -0.2) is 20.9 Å². The van der Waals surface area contributed by atoms with Gasteiger partial charge in [0.2, 0.25) is 0 Å². The fourth-order valence-corrected chi connectivity index (χ4v) is 5.65. The first kappa shape index (κ1) is 23.0. The first-order chi connectivity index (χ1) is 18.1. The number of para-hydroxylation sites is 1. The molecule has 6 rings (SSSR count). The SMILES string of the molecule is Cc1cc(C)c2sc(N(Cc3cccnc3)C(=O)c3cc(-c4ccccc4)nc4ccccc34)nc2c1. The second-order valence-electron chi connectivity index (χ2n) is 9.12. The lowest BCUT2D eigenvalue weighted by molar-refractivity contribution is 0.0986. The number of thiazole rings is 1. The smallest absolute Gasteiger partial charge is 0.261 e. The number of anilines is 1. The van der Waals surface area contributed by atoms with Crippen LogP contribution in [0.3, 0.4) is 0 Å². The highest BCUT2D eigenvalue weighted by molar-refractivity contribution is 7.22. The number of aromatic nitrogens is 3. The Kier molecular flexibility index (Phi) is 5.94. The molecule has 0 N–H and O–H groups in total. The first-order valence-corrected chi connectivity index (χ1v) is 12.9. The average molecular weight is 501 g/mol. The number of pyridine rings is 2. The minimum absolute atomic E-state index is 0.118. The number of amides is 1. The first-order valence-electron chi connectivity index (χ1n) is 12.1. The molecule has 0 spiro atoms. The van der Waals surface area contributed by atoms with Gasteiger partial charge in [0, 0.05) is 23.3 Å². The lowest BCUT2D eigenvalue weighted by Gasteiger charge is -2.21. The molecule has 1 amide bonds. The van der Waals surface area contributed by atoms with E-state index in [4.69, 9.17) is 9.97 Å². The molecule has 0 fully saturated rings. The van der Waals surface area contributed by atoms with Crippen LogP contribution in [0, 0.1) is 13.8 Å². The fraction of sp³-hybridized carbons (Fsp3) is 0.0968. The van der Waals surface area contributed by atoms with E-state index in [1.165, 1.54) is 0 Å². The van der Waals surface area contributed by atoms with Gasteiger partial charge in [0.1, 0.15) is 0 Å². The van der Waals surface area contributed by atoms with Gasteiger partial charge in [0.05, 0.1) is 33.5 Å². The van der Waals surface area contributed by atoms with E-state index in [1.54, 1.807) is 28.6 Å². The summed E-state index contributed by atoms with van der Waals surface area (Å²) in [6.45, 7) is 4.52. The number of hydrogen-bond donors (Lipinski definition) is 0. The topological polar surface area (TPSA) is 59.0 Å². The molecular formula is C31H24N4OS. The molecule has 0 bridgehead atoms. The van der Waals surface area contributed by atoms with Crippen molar-refractivity contribution in [2.24, 2.45) is 0 Å². The van der Waals surface area contributed by atoms with Crippen LogP contribution >= 0.6 is 11.3 Å². The second kappa shape index (κ2) is 9.56. The van der Waals surface area contributed by atoms with Crippen LogP contribution in [0.5, 0.6) is 0 Å². The molecule has 0 aliphatic carbocycles. The lowest BCUT2D eigenvalue weighted by atomic mass is 10.0. The number of benzene rings is 3. The number of nitrogens with zero attached hydrogens (tertiary/aromatic N) is 4. The summed E-state index contributed by atoms with van der Waals surface area (Å²) < 4.78 is 1.09. The summed E-state index contributed by atoms with van der Waals surface area (Å²) in [5.41, 5.74) is 7.26. The number of carbonyl (C=O) groups is 1. The van der Waals surface area contributed by atoms with E-state index < -0.39 is 0 Å². The maximum Gasteiger partial charge on any atom is 0.261 e. The van der Waals surface area contributed by atoms with E-state index >= 15 is 0 Å². The predicted molar refractivity (Wildman–Crippen MR) is 151 cm³/mol. The van der Waals surface area contributed by atoms with E-state index in [1.807, 2.05) is 72.8 Å². The zero-order chi connectivity index (χ0) is 25.4. The molecule has 5 nitrogen and oxygen atoms in total. The van der Waals surface area contributed by atoms with Crippen molar-refractivity contribution in [1.29, 1.82) is 0 Å². The van der Waals surface area contributed by atoms with Gasteiger partial charge in [0.25, 0.3) is 5.91 Å². The maximum absolute atomic E-state index is 14.4. The Bertz CT molecular complexity index is 1750. The van der Waals surface area contributed by atoms with E-state index in [0.29, 0.717) is 17.2 Å². The van der Waals surface area contributed by atoms with Crippen molar-refractivity contribution in [3.8, 4) is 11.3 Å². The van der Waals surface area contributed by atoms with Gasteiger partial charge in [-0.25, -0.2) is 9.97 Å². The Balaban J connectivity index is 1.53. The van der Waals surface area contributed by atoms with Gasteiger partial charge < -0.3 is 0 Å². The molecule has 0 aliphatic heterocycles. The van der Waals surface area contributed by atoms with Crippen molar-refractivity contribution in [3.05, 3.63) is 120 Å². The summed E-state index contributed by atoms with van der Waals surface area (Å²) in [4.78, 5) is 30.3. The van der Waals surface area contributed by atoms with Crippen molar-refractivity contribution in [3.63, 3.8) is 0 Å². The van der Waals surface area contributed by atoms with Crippen LogP contribution in [0.25, 0.3) is 32.4 Å². The van der Waals surface area contributed by atoms with Crippen molar-refractivity contribution < 1.29 is 4.79 Å². The van der Waals surface area contributed by atoms with Crippen molar-refractivity contribution in [1.82, 2.24) is 15.0 Å². The Morgan fingerprint density at radius 1 is 0.865 bits per heavy atom. The van der Waals surface area contributed by atoms with E-state index in [9.17, 15) is 4.79 Å². The third-order valence-electron chi connectivity index (χ3n) is 6.36. The molecule has 6 aromatic rings. The highest BCUT2D eigenvalue weighted by Crippen LogP contribution is 2.35. The largest absolute Gasteiger partial charge is 0.279 e. The standard InChI is InChI=1S/C31H24N4OS/c1-20-15-21(2)29-28(16-20)34-31(37-29)35(19-22-9-8-14-32-18-22)30(36)25-17-27(23-10-4-3-5-11-23)33-26-13-7-6-12-24(25)26/h3-18H,19H2,1-2H3. The molecule has 6 heteroatoms. The summed E-state index contributed by atoms with van der Waals surface area (Å²) in [6.07, 6.45) is 3.53. The van der Waals surface area contributed by atoms with Crippen molar-refractivity contribution >= 4 is 43.5 Å². The zero-order valence-corrected chi connectivity index (χ0v) is 21.4. The highest BCUT2D eigenvalue weighted by atomic mass is 32.1.